The average Bonchev–Trinajstić information content (AvgIpc) is 1.97. The lowest BCUT2D eigenvalue weighted by molar-refractivity contribution is 0.434. The summed E-state index contributed by atoms with van der Waals surface area (Å²) in [5.41, 5.74) is 0. The van der Waals surface area contributed by atoms with E-state index in [4.69, 9.17) is 0 Å². The molecular weight excluding hydrogens is 110 g/mol. The molecule has 0 saturated heterocycles. The fourth-order valence-electron chi connectivity index (χ4n) is 0. The van der Waals surface area contributed by atoms with Gasteiger partial charge < -0.3 is 4.90 Å². The van der Waals surface area contributed by atoms with E-state index < -0.39 is 0 Å². The zero-order valence-corrected chi connectivity index (χ0v) is 8.15. The number of nitrogens with zero attached hydrogens (tertiary/aromatic N) is 1. The molecule has 0 bridgehead atoms. The second-order valence-corrected chi connectivity index (χ2v) is 1.40. The van der Waals surface area contributed by atoms with E-state index in [1.165, 1.54) is 0 Å². The lowest BCUT2D eigenvalue weighted by atomic mass is 10.7. The largest absolute Gasteiger partial charge is 0.310 e. The van der Waals surface area contributed by atoms with Gasteiger partial charge in [-0.25, -0.2) is 0 Å². The first kappa shape index (κ1) is 16.0. The van der Waals surface area contributed by atoms with Gasteiger partial charge in [0.2, 0.25) is 0 Å². The number of rotatable bonds is 1. The molecule has 0 atom stereocenters. The smallest absolute Gasteiger partial charge is 0.00533 e. The molecule has 0 N–H and O–H groups in total. The summed E-state index contributed by atoms with van der Waals surface area (Å²) in [6.07, 6.45) is 0. The lowest BCUT2D eigenvalue weighted by Crippen LogP contribution is -2.08. The molecule has 0 amide bonds. The van der Waals surface area contributed by atoms with Crippen LogP contribution in [-0.4, -0.2) is 25.5 Å². The van der Waals surface area contributed by atoms with Gasteiger partial charge in [0.15, 0.2) is 0 Å². The molecule has 0 radical (unpaired) electrons. The van der Waals surface area contributed by atoms with Gasteiger partial charge in [-0.15, -0.1) is 0 Å². The van der Waals surface area contributed by atoms with E-state index in [0.29, 0.717) is 0 Å². The summed E-state index contributed by atoms with van der Waals surface area (Å²) in [4.78, 5) is 2.12. The normalized spacial score (nSPS) is 6.67. The van der Waals surface area contributed by atoms with Crippen molar-refractivity contribution >= 4 is 0 Å². The van der Waals surface area contributed by atoms with Crippen molar-refractivity contribution in [3.8, 4) is 0 Å². The minimum absolute atomic E-state index is 1.14. The Morgan fingerprint density at radius 2 is 1.00 bits per heavy atom. The van der Waals surface area contributed by atoms with Crippen molar-refractivity contribution in [1.29, 1.82) is 0 Å². The third-order valence-corrected chi connectivity index (χ3v) is 0.632. The van der Waals surface area contributed by atoms with Gasteiger partial charge in [-0.2, -0.15) is 0 Å². The van der Waals surface area contributed by atoms with Crippen LogP contribution in [0.5, 0.6) is 0 Å². The fourth-order valence-corrected chi connectivity index (χ4v) is 0. The quantitative estimate of drug-likeness (QED) is 0.531. The van der Waals surface area contributed by atoms with E-state index >= 15 is 0 Å². The maximum Gasteiger partial charge on any atom is -0.00533 e. The van der Waals surface area contributed by atoms with Gasteiger partial charge in [-0.1, -0.05) is 34.6 Å². The maximum absolute atomic E-state index is 2.12. The van der Waals surface area contributed by atoms with Crippen molar-refractivity contribution in [2.75, 3.05) is 20.6 Å². The Morgan fingerprint density at radius 1 is 0.889 bits per heavy atom. The van der Waals surface area contributed by atoms with Gasteiger partial charge in [0, 0.05) is 0 Å². The van der Waals surface area contributed by atoms with E-state index in [9.17, 15) is 0 Å². The Morgan fingerprint density at radius 3 is 1.00 bits per heavy atom. The highest BCUT2D eigenvalue weighted by molar-refractivity contribution is 4.25. The molecule has 9 heavy (non-hydrogen) atoms. The van der Waals surface area contributed by atoms with Gasteiger partial charge >= 0.3 is 0 Å². The molecule has 60 valence electrons. The summed E-state index contributed by atoms with van der Waals surface area (Å²) in [6, 6.07) is 0. The molecule has 0 saturated carbocycles. The molecule has 0 unspecified atom stereocenters. The van der Waals surface area contributed by atoms with Gasteiger partial charge in [-0.3, -0.25) is 0 Å². The second-order valence-electron chi connectivity index (χ2n) is 1.40. The Bertz CT molecular complexity index is 18.5. The van der Waals surface area contributed by atoms with Crippen LogP contribution in [0.3, 0.4) is 0 Å². The first-order valence-corrected chi connectivity index (χ1v) is 3.92. The molecule has 1 nitrogen and oxygen atoms in total. The standard InChI is InChI=1S/C4H11N.2C2H6/c1-4-5(2)3;2*1-2/h4H2,1-3H3;2*1-2H3. The van der Waals surface area contributed by atoms with E-state index in [1.807, 2.05) is 27.7 Å². The molecule has 0 rings (SSSR count). The van der Waals surface area contributed by atoms with E-state index in [2.05, 4.69) is 25.9 Å². The SMILES string of the molecule is CC.CC.CCN(C)C. The predicted octanol–water partition coefficient (Wildman–Crippen LogP) is 2.62. The van der Waals surface area contributed by atoms with Crippen LogP contribution < -0.4 is 0 Å². The summed E-state index contributed by atoms with van der Waals surface area (Å²) in [5.74, 6) is 0. The van der Waals surface area contributed by atoms with Crippen LogP contribution in [0.4, 0.5) is 0 Å². The third-order valence-electron chi connectivity index (χ3n) is 0.632. The molecular formula is C8H23N. The summed E-state index contributed by atoms with van der Waals surface area (Å²) in [5, 5.41) is 0. The van der Waals surface area contributed by atoms with E-state index in [-0.39, 0.29) is 0 Å². The van der Waals surface area contributed by atoms with E-state index in [1.54, 1.807) is 0 Å². The highest BCUT2D eigenvalue weighted by Gasteiger charge is 1.72. The predicted molar refractivity (Wildman–Crippen MR) is 46.9 cm³/mol. The molecule has 1 heteroatoms. The first-order valence-electron chi connectivity index (χ1n) is 3.92. The number of hydrogen-bond donors (Lipinski definition) is 0. The molecule has 0 aliphatic heterocycles. The van der Waals surface area contributed by atoms with Crippen LogP contribution in [0.25, 0.3) is 0 Å². The van der Waals surface area contributed by atoms with Crippen molar-refractivity contribution in [2.24, 2.45) is 0 Å². The monoisotopic (exact) mass is 133 g/mol. The molecule has 0 heterocycles. The highest BCUT2D eigenvalue weighted by atomic mass is 15.0. The van der Waals surface area contributed by atoms with Crippen LogP contribution in [-0.2, 0) is 0 Å². The zero-order chi connectivity index (χ0) is 8.28. The van der Waals surface area contributed by atoms with Gasteiger partial charge in [-0.05, 0) is 20.6 Å². The Hall–Kier alpha value is -0.0400. The molecule has 0 aromatic rings. The minimum atomic E-state index is 1.14. The van der Waals surface area contributed by atoms with Gasteiger partial charge in [0.25, 0.3) is 0 Å². The fraction of sp³-hybridized carbons (Fsp3) is 1.00. The van der Waals surface area contributed by atoms with Crippen molar-refractivity contribution in [1.82, 2.24) is 4.90 Å². The van der Waals surface area contributed by atoms with Gasteiger partial charge in [0.05, 0.1) is 0 Å². The molecule has 0 aromatic carbocycles. The van der Waals surface area contributed by atoms with Crippen molar-refractivity contribution < 1.29 is 0 Å². The van der Waals surface area contributed by atoms with Crippen LogP contribution >= 0.6 is 0 Å². The summed E-state index contributed by atoms with van der Waals surface area (Å²) < 4.78 is 0. The van der Waals surface area contributed by atoms with Crippen LogP contribution in [0, 0.1) is 0 Å². The topological polar surface area (TPSA) is 3.24 Å². The second kappa shape index (κ2) is 24.6. The average molecular weight is 133 g/mol. The summed E-state index contributed by atoms with van der Waals surface area (Å²) in [6.45, 7) is 11.3. The first-order chi connectivity index (χ1) is 4.27. The van der Waals surface area contributed by atoms with Crippen molar-refractivity contribution in [3.63, 3.8) is 0 Å². The lowest BCUT2D eigenvalue weighted by Gasteiger charge is -2.00. The number of hydrogen-bond acceptors (Lipinski definition) is 1. The summed E-state index contributed by atoms with van der Waals surface area (Å²) in [7, 11) is 4.11. The zero-order valence-electron chi connectivity index (χ0n) is 8.15. The molecule has 0 aromatic heterocycles. The summed E-state index contributed by atoms with van der Waals surface area (Å²) >= 11 is 0. The third kappa shape index (κ3) is 73.6. The van der Waals surface area contributed by atoms with Crippen molar-refractivity contribution in [2.45, 2.75) is 34.6 Å². The molecule has 0 fully saturated rings. The Kier molecular flexibility index (Phi) is 43.7. The molecule has 0 spiro atoms. The maximum atomic E-state index is 2.12. The Balaban J connectivity index is -0.0000000771. The van der Waals surface area contributed by atoms with Crippen LogP contribution in [0.2, 0.25) is 0 Å². The highest BCUT2D eigenvalue weighted by Crippen LogP contribution is 1.63. The van der Waals surface area contributed by atoms with Gasteiger partial charge in [0.1, 0.15) is 0 Å². The molecule has 0 aliphatic rings. The Labute approximate surface area is 61.1 Å². The van der Waals surface area contributed by atoms with E-state index in [0.717, 1.165) is 6.54 Å². The van der Waals surface area contributed by atoms with Crippen LogP contribution in [0.1, 0.15) is 34.6 Å². The molecule has 0 aliphatic carbocycles. The minimum Gasteiger partial charge on any atom is -0.310 e. The van der Waals surface area contributed by atoms with Crippen LogP contribution in [0.15, 0.2) is 0 Å². The van der Waals surface area contributed by atoms with Crippen molar-refractivity contribution in [3.05, 3.63) is 0 Å².